The zero-order chi connectivity index (χ0) is 14.1. The van der Waals surface area contributed by atoms with E-state index >= 15 is 0 Å². The van der Waals surface area contributed by atoms with Crippen LogP contribution < -0.4 is 4.90 Å². The first-order chi connectivity index (χ1) is 9.63. The van der Waals surface area contributed by atoms with Crippen molar-refractivity contribution in [1.82, 2.24) is 15.1 Å². The van der Waals surface area contributed by atoms with Crippen LogP contribution in [-0.4, -0.2) is 22.2 Å². The topological polar surface area (TPSA) is 55.1 Å². The molecule has 0 aliphatic heterocycles. The second-order valence-electron chi connectivity index (χ2n) is 4.64. The molecule has 0 unspecified atom stereocenters. The second kappa shape index (κ2) is 5.09. The maximum Gasteiger partial charge on any atom is 0.139 e. The van der Waals surface area contributed by atoms with Crippen molar-refractivity contribution >= 4 is 28.3 Å². The van der Waals surface area contributed by atoms with E-state index in [9.17, 15) is 0 Å². The highest BCUT2D eigenvalue weighted by Gasteiger charge is 2.11. The van der Waals surface area contributed by atoms with Crippen LogP contribution in [0.5, 0.6) is 0 Å². The van der Waals surface area contributed by atoms with Crippen molar-refractivity contribution in [2.24, 2.45) is 0 Å². The monoisotopic (exact) mass is 288 g/mol. The molecule has 0 N–H and O–H groups in total. The molecule has 0 aliphatic carbocycles. The molecule has 0 saturated heterocycles. The molecule has 6 heteroatoms. The van der Waals surface area contributed by atoms with Gasteiger partial charge in [-0.1, -0.05) is 16.8 Å². The average molecular weight is 289 g/mol. The Hall–Kier alpha value is -2.14. The summed E-state index contributed by atoms with van der Waals surface area (Å²) in [4.78, 5) is 10.6. The maximum atomic E-state index is 5.99. The first-order valence-corrected chi connectivity index (χ1v) is 6.55. The molecule has 0 fully saturated rings. The van der Waals surface area contributed by atoms with Gasteiger partial charge in [0.15, 0.2) is 0 Å². The molecule has 0 radical (unpaired) electrons. The van der Waals surface area contributed by atoms with E-state index in [0.29, 0.717) is 11.6 Å². The minimum Gasteiger partial charge on any atom is -0.361 e. The average Bonchev–Trinajstić information content (AvgIpc) is 2.83. The molecule has 5 nitrogen and oxygen atoms in total. The van der Waals surface area contributed by atoms with E-state index in [0.717, 1.165) is 28.2 Å². The van der Waals surface area contributed by atoms with Gasteiger partial charge >= 0.3 is 0 Å². The largest absolute Gasteiger partial charge is 0.361 e. The van der Waals surface area contributed by atoms with Crippen LogP contribution in [0, 0.1) is 6.92 Å². The summed E-state index contributed by atoms with van der Waals surface area (Å²) >= 11 is 5.99. The van der Waals surface area contributed by atoms with Crippen molar-refractivity contribution < 1.29 is 4.52 Å². The third kappa shape index (κ3) is 2.44. The van der Waals surface area contributed by atoms with Gasteiger partial charge in [0, 0.05) is 23.5 Å². The second-order valence-corrected chi connectivity index (χ2v) is 5.08. The molecule has 0 saturated carbocycles. The summed E-state index contributed by atoms with van der Waals surface area (Å²) in [6.45, 7) is 2.49. The predicted octanol–water partition coefficient (Wildman–Crippen LogP) is 3.22. The number of nitrogens with zero attached hydrogens (tertiary/aromatic N) is 4. The van der Waals surface area contributed by atoms with Gasteiger partial charge in [-0.05, 0) is 25.1 Å². The molecule has 2 heterocycles. The zero-order valence-corrected chi connectivity index (χ0v) is 11.9. The third-order valence-corrected chi connectivity index (χ3v) is 3.25. The Morgan fingerprint density at radius 3 is 2.85 bits per heavy atom. The van der Waals surface area contributed by atoms with Gasteiger partial charge in [0.25, 0.3) is 0 Å². The molecule has 3 aromatic rings. The van der Waals surface area contributed by atoms with Gasteiger partial charge in [0.1, 0.15) is 23.6 Å². The Kier molecular flexibility index (Phi) is 3.28. The van der Waals surface area contributed by atoms with Crippen LogP contribution in [0.1, 0.15) is 11.5 Å². The summed E-state index contributed by atoms with van der Waals surface area (Å²) in [7, 11) is 1.96. The van der Waals surface area contributed by atoms with Crippen molar-refractivity contribution in [3.05, 3.63) is 47.1 Å². The zero-order valence-electron chi connectivity index (χ0n) is 11.2. The van der Waals surface area contributed by atoms with Crippen LogP contribution >= 0.6 is 11.6 Å². The number of hydrogen-bond acceptors (Lipinski definition) is 5. The van der Waals surface area contributed by atoms with E-state index < -0.39 is 0 Å². The van der Waals surface area contributed by atoms with Gasteiger partial charge in [0.2, 0.25) is 0 Å². The van der Waals surface area contributed by atoms with E-state index in [2.05, 4.69) is 15.1 Å². The van der Waals surface area contributed by atoms with E-state index in [1.807, 2.05) is 43.1 Å². The molecule has 0 amide bonds. The Balaban J connectivity index is 1.96. The van der Waals surface area contributed by atoms with Crippen LogP contribution in [0.2, 0.25) is 5.02 Å². The summed E-state index contributed by atoms with van der Waals surface area (Å²) < 4.78 is 5.08. The molecule has 0 atom stereocenters. The fourth-order valence-electron chi connectivity index (χ4n) is 2.13. The van der Waals surface area contributed by atoms with Crippen LogP contribution in [0.15, 0.2) is 35.1 Å². The molecule has 1 aromatic carbocycles. The van der Waals surface area contributed by atoms with Gasteiger partial charge in [-0.15, -0.1) is 0 Å². The summed E-state index contributed by atoms with van der Waals surface area (Å²) in [6, 6.07) is 7.51. The number of benzene rings is 1. The lowest BCUT2D eigenvalue weighted by molar-refractivity contribution is 0.390. The molecule has 3 rings (SSSR count). The van der Waals surface area contributed by atoms with Gasteiger partial charge in [-0.2, -0.15) is 0 Å². The highest BCUT2D eigenvalue weighted by atomic mass is 35.5. The first-order valence-electron chi connectivity index (χ1n) is 6.17. The molecule has 102 valence electrons. The van der Waals surface area contributed by atoms with Crippen molar-refractivity contribution in [2.45, 2.75) is 13.5 Å². The lowest BCUT2D eigenvalue weighted by Crippen LogP contribution is -2.18. The summed E-state index contributed by atoms with van der Waals surface area (Å²) in [6.07, 6.45) is 1.54. The highest BCUT2D eigenvalue weighted by molar-refractivity contribution is 6.31. The lowest BCUT2D eigenvalue weighted by atomic mass is 10.2. The normalized spacial score (nSPS) is 10.9. The van der Waals surface area contributed by atoms with E-state index in [1.165, 1.54) is 0 Å². The lowest BCUT2D eigenvalue weighted by Gasteiger charge is -2.18. The first kappa shape index (κ1) is 12.9. The van der Waals surface area contributed by atoms with Crippen LogP contribution in [0.3, 0.4) is 0 Å². The summed E-state index contributed by atoms with van der Waals surface area (Å²) in [5, 5.41) is 5.62. The minimum absolute atomic E-state index is 0.617. The summed E-state index contributed by atoms with van der Waals surface area (Å²) in [5.74, 6) is 1.64. The Bertz CT molecular complexity index is 756. The molecule has 0 spiro atoms. The standard InChI is InChI=1S/C14H13ClN4O/c1-9-5-11(18-20-9)7-19(2)14-12-4-3-10(15)6-13(12)16-8-17-14/h3-6,8H,7H2,1-2H3. The van der Waals surface area contributed by atoms with Crippen molar-refractivity contribution in [3.8, 4) is 0 Å². The molecular weight excluding hydrogens is 276 g/mol. The minimum atomic E-state index is 0.617. The van der Waals surface area contributed by atoms with Crippen LogP contribution in [0.4, 0.5) is 5.82 Å². The Labute approximate surface area is 121 Å². The molecular formula is C14H13ClN4O. The highest BCUT2D eigenvalue weighted by Crippen LogP contribution is 2.25. The van der Waals surface area contributed by atoms with Crippen LogP contribution in [-0.2, 0) is 6.54 Å². The SMILES string of the molecule is Cc1cc(CN(C)c2ncnc3cc(Cl)ccc23)no1. The Morgan fingerprint density at radius 2 is 2.10 bits per heavy atom. The van der Waals surface area contributed by atoms with E-state index in [1.54, 1.807) is 6.33 Å². The van der Waals surface area contributed by atoms with Gasteiger partial charge in [0.05, 0.1) is 12.1 Å². The van der Waals surface area contributed by atoms with Crippen molar-refractivity contribution in [2.75, 3.05) is 11.9 Å². The molecule has 0 aliphatic rings. The number of anilines is 1. The van der Waals surface area contributed by atoms with E-state index in [-0.39, 0.29) is 0 Å². The number of halogens is 1. The van der Waals surface area contributed by atoms with Crippen molar-refractivity contribution in [1.29, 1.82) is 0 Å². The molecule has 20 heavy (non-hydrogen) atoms. The number of hydrogen-bond donors (Lipinski definition) is 0. The molecule has 2 aromatic heterocycles. The Morgan fingerprint density at radius 1 is 1.25 bits per heavy atom. The smallest absolute Gasteiger partial charge is 0.139 e. The van der Waals surface area contributed by atoms with Gasteiger partial charge in [-0.3, -0.25) is 0 Å². The van der Waals surface area contributed by atoms with Gasteiger partial charge in [-0.25, -0.2) is 9.97 Å². The number of aromatic nitrogens is 3. The number of fused-ring (bicyclic) bond motifs is 1. The van der Waals surface area contributed by atoms with E-state index in [4.69, 9.17) is 16.1 Å². The maximum absolute atomic E-state index is 5.99. The fourth-order valence-corrected chi connectivity index (χ4v) is 2.30. The van der Waals surface area contributed by atoms with Crippen molar-refractivity contribution in [3.63, 3.8) is 0 Å². The predicted molar refractivity (Wildman–Crippen MR) is 77.9 cm³/mol. The van der Waals surface area contributed by atoms with Gasteiger partial charge < -0.3 is 9.42 Å². The fraction of sp³-hybridized carbons (Fsp3) is 0.214. The number of rotatable bonds is 3. The molecule has 0 bridgehead atoms. The quantitative estimate of drug-likeness (QED) is 0.741. The van der Waals surface area contributed by atoms with Crippen LogP contribution in [0.25, 0.3) is 10.9 Å². The summed E-state index contributed by atoms with van der Waals surface area (Å²) in [5.41, 5.74) is 1.69. The third-order valence-electron chi connectivity index (χ3n) is 3.02. The number of aryl methyl sites for hydroxylation is 1.